The molecule has 1 aromatic rings. The van der Waals surface area contributed by atoms with Crippen molar-refractivity contribution in [3.05, 3.63) is 42.0 Å². The highest BCUT2D eigenvalue weighted by Gasteiger charge is 2.44. The Morgan fingerprint density at radius 1 is 1.22 bits per heavy atom. The summed E-state index contributed by atoms with van der Waals surface area (Å²) in [5, 5.41) is 11.5. The molecule has 2 heterocycles. The number of amides is 3. The molecule has 0 aliphatic carbocycles. The molecule has 0 spiro atoms. The Morgan fingerprint density at radius 3 is 2.67 bits per heavy atom. The Labute approximate surface area is 107 Å². The molecule has 6 heteroatoms. The van der Waals surface area contributed by atoms with Crippen LogP contribution in [0.15, 0.2) is 36.4 Å². The summed E-state index contributed by atoms with van der Waals surface area (Å²) in [4.78, 5) is 24.0. The Morgan fingerprint density at radius 2 is 1.94 bits per heavy atom. The van der Waals surface area contributed by atoms with Gasteiger partial charge >= 0.3 is 6.03 Å². The summed E-state index contributed by atoms with van der Waals surface area (Å²) < 4.78 is 0. The SMILES string of the molecule is O=C1NC2C=C(c3ccccc3)SC2C(=O)N1O. The van der Waals surface area contributed by atoms with Crippen molar-refractivity contribution in [2.75, 3.05) is 0 Å². The zero-order valence-electron chi connectivity index (χ0n) is 9.24. The molecule has 92 valence electrons. The lowest BCUT2D eigenvalue weighted by atomic mass is 10.1. The van der Waals surface area contributed by atoms with Crippen LogP contribution in [0.3, 0.4) is 0 Å². The van der Waals surface area contributed by atoms with Crippen LogP contribution >= 0.6 is 11.8 Å². The van der Waals surface area contributed by atoms with Gasteiger partial charge in [-0.2, -0.15) is 0 Å². The van der Waals surface area contributed by atoms with E-state index < -0.39 is 17.2 Å². The molecular formula is C12H10N2O3S. The van der Waals surface area contributed by atoms with Gasteiger partial charge in [0.15, 0.2) is 0 Å². The molecule has 3 rings (SSSR count). The molecule has 18 heavy (non-hydrogen) atoms. The average molecular weight is 262 g/mol. The Kier molecular flexibility index (Phi) is 2.61. The molecule has 0 radical (unpaired) electrons. The van der Waals surface area contributed by atoms with Gasteiger partial charge in [0.25, 0.3) is 5.91 Å². The van der Waals surface area contributed by atoms with Gasteiger partial charge in [0.05, 0.1) is 6.04 Å². The lowest BCUT2D eigenvalue weighted by Gasteiger charge is -2.28. The average Bonchev–Trinajstić information content (AvgIpc) is 2.81. The Hall–Kier alpha value is -1.79. The fourth-order valence-corrected chi connectivity index (χ4v) is 3.28. The molecule has 2 atom stereocenters. The largest absolute Gasteiger partial charge is 0.349 e. The summed E-state index contributed by atoms with van der Waals surface area (Å²) in [5.74, 6) is -0.573. The monoisotopic (exact) mass is 262 g/mol. The van der Waals surface area contributed by atoms with Gasteiger partial charge in [-0.1, -0.05) is 30.3 Å². The molecule has 2 aliphatic heterocycles. The first kappa shape index (κ1) is 11.3. The van der Waals surface area contributed by atoms with Crippen LogP contribution in [0.2, 0.25) is 0 Å². The molecule has 1 saturated heterocycles. The number of benzene rings is 1. The predicted octanol–water partition coefficient (Wildman–Crippen LogP) is 1.45. The van der Waals surface area contributed by atoms with Crippen molar-refractivity contribution in [3.63, 3.8) is 0 Å². The van der Waals surface area contributed by atoms with Crippen LogP contribution in [-0.4, -0.2) is 33.5 Å². The molecule has 0 saturated carbocycles. The zero-order chi connectivity index (χ0) is 12.7. The van der Waals surface area contributed by atoms with E-state index in [0.29, 0.717) is 0 Å². The number of thioether (sulfide) groups is 1. The maximum absolute atomic E-state index is 11.8. The van der Waals surface area contributed by atoms with Crippen LogP contribution in [0.25, 0.3) is 4.91 Å². The third kappa shape index (κ3) is 1.70. The third-order valence-corrected chi connectivity index (χ3v) is 4.28. The first-order valence-electron chi connectivity index (χ1n) is 5.44. The van der Waals surface area contributed by atoms with Gasteiger partial charge in [-0.25, -0.2) is 4.79 Å². The highest BCUT2D eigenvalue weighted by molar-refractivity contribution is 8.09. The van der Waals surface area contributed by atoms with Crippen molar-refractivity contribution in [2.24, 2.45) is 0 Å². The van der Waals surface area contributed by atoms with Gasteiger partial charge < -0.3 is 5.32 Å². The highest BCUT2D eigenvalue weighted by Crippen LogP contribution is 2.41. The lowest BCUT2D eigenvalue weighted by Crippen LogP contribution is -2.58. The zero-order valence-corrected chi connectivity index (χ0v) is 10.1. The molecule has 2 aliphatic rings. The molecule has 0 aromatic heterocycles. The predicted molar refractivity (Wildman–Crippen MR) is 66.8 cm³/mol. The van der Waals surface area contributed by atoms with Gasteiger partial charge in [-0.3, -0.25) is 10.0 Å². The van der Waals surface area contributed by atoms with Crippen molar-refractivity contribution in [1.29, 1.82) is 0 Å². The topological polar surface area (TPSA) is 69.6 Å². The van der Waals surface area contributed by atoms with Crippen molar-refractivity contribution < 1.29 is 14.8 Å². The fraction of sp³-hybridized carbons (Fsp3) is 0.167. The van der Waals surface area contributed by atoms with Crippen molar-refractivity contribution in [3.8, 4) is 0 Å². The van der Waals surface area contributed by atoms with E-state index in [0.717, 1.165) is 10.5 Å². The third-order valence-electron chi connectivity index (χ3n) is 2.90. The number of carbonyl (C=O) groups is 2. The molecule has 5 nitrogen and oxygen atoms in total. The van der Waals surface area contributed by atoms with Gasteiger partial charge in [-0.05, 0) is 11.6 Å². The molecule has 1 aromatic carbocycles. The Bertz CT molecular complexity index is 544. The van der Waals surface area contributed by atoms with Gasteiger partial charge in [0.2, 0.25) is 0 Å². The number of imide groups is 1. The maximum Gasteiger partial charge on any atom is 0.349 e. The number of rotatable bonds is 1. The second kappa shape index (κ2) is 4.15. The van der Waals surface area contributed by atoms with E-state index in [1.807, 2.05) is 36.4 Å². The minimum atomic E-state index is -0.771. The number of hydroxylamine groups is 2. The van der Waals surface area contributed by atoms with Crippen LogP contribution < -0.4 is 5.32 Å². The summed E-state index contributed by atoms with van der Waals surface area (Å²) in [6.07, 6.45) is 1.85. The molecular weight excluding hydrogens is 252 g/mol. The summed E-state index contributed by atoms with van der Waals surface area (Å²) in [6.45, 7) is 0. The van der Waals surface area contributed by atoms with E-state index in [2.05, 4.69) is 5.32 Å². The first-order valence-corrected chi connectivity index (χ1v) is 6.32. The standard InChI is InChI=1S/C12H10N2O3S/c15-11-10-8(13-12(16)14(11)17)6-9(18-10)7-4-2-1-3-5-7/h1-6,8,10,17H,(H,13,16). The molecule has 1 fully saturated rings. The Balaban J connectivity index is 1.89. The van der Waals surface area contributed by atoms with Crippen LogP contribution in [0.1, 0.15) is 5.56 Å². The van der Waals surface area contributed by atoms with Gasteiger partial charge in [0.1, 0.15) is 5.25 Å². The van der Waals surface area contributed by atoms with E-state index in [9.17, 15) is 14.8 Å². The van der Waals surface area contributed by atoms with E-state index in [-0.39, 0.29) is 11.1 Å². The molecule has 0 bridgehead atoms. The van der Waals surface area contributed by atoms with Crippen molar-refractivity contribution in [1.82, 2.24) is 10.4 Å². The number of hydrogen-bond donors (Lipinski definition) is 2. The summed E-state index contributed by atoms with van der Waals surface area (Å²) >= 11 is 1.36. The minimum Gasteiger partial charge on any atom is -0.328 e. The lowest BCUT2D eigenvalue weighted by molar-refractivity contribution is -0.154. The van der Waals surface area contributed by atoms with Crippen LogP contribution in [-0.2, 0) is 4.79 Å². The number of nitrogens with one attached hydrogen (secondary N) is 1. The normalized spacial score (nSPS) is 26.7. The van der Waals surface area contributed by atoms with E-state index >= 15 is 0 Å². The number of fused-ring (bicyclic) bond motifs is 1. The molecule has 2 unspecified atom stereocenters. The molecule has 3 amide bonds. The van der Waals surface area contributed by atoms with Gasteiger partial charge in [0, 0.05) is 4.91 Å². The fourth-order valence-electron chi connectivity index (χ4n) is 2.01. The second-order valence-electron chi connectivity index (χ2n) is 4.06. The van der Waals surface area contributed by atoms with Gasteiger partial charge in [-0.15, -0.1) is 16.8 Å². The number of hydrogen-bond acceptors (Lipinski definition) is 4. The van der Waals surface area contributed by atoms with E-state index in [4.69, 9.17) is 0 Å². The number of urea groups is 1. The van der Waals surface area contributed by atoms with Crippen LogP contribution in [0, 0.1) is 0 Å². The van der Waals surface area contributed by atoms with E-state index in [1.54, 1.807) is 0 Å². The maximum atomic E-state index is 11.8. The molecule has 2 N–H and O–H groups in total. The quantitative estimate of drug-likeness (QED) is 0.752. The second-order valence-corrected chi connectivity index (χ2v) is 5.24. The van der Waals surface area contributed by atoms with Crippen LogP contribution in [0.5, 0.6) is 0 Å². The summed E-state index contributed by atoms with van der Waals surface area (Å²) in [7, 11) is 0. The van der Waals surface area contributed by atoms with Crippen LogP contribution in [0.4, 0.5) is 4.79 Å². The smallest absolute Gasteiger partial charge is 0.328 e. The number of nitrogens with zero attached hydrogens (tertiary/aromatic N) is 1. The highest BCUT2D eigenvalue weighted by atomic mass is 32.2. The summed E-state index contributed by atoms with van der Waals surface area (Å²) in [6, 6.07) is 8.51. The van der Waals surface area contributed by atoms with Crippen molar-refractivity contribution >= 4 is 28.6 Å². The number of carbonyl (C=O) groups excluding carboxylic acids is 2. The van der Waals surface area contributed by atoms with E-state index in [1.165, 1.54) is 11.8 Å². The minimum absolute atomic E-state index is 0.149. The first-order chi connectivity index (χ1) is 8.66. The summed E-state index contributed by atoms with van der Waals surface area (Å²) in [5.41, 5.74) is 1.00. The van der Waals surface area contributed by atoms with Crippen molar-refractivity contribution in [2.45, 2.75) is 11.3 Å².